The third-order valence-corrected chi connectivity index (χ3v) is 27.0. The Morgan fingerprint density at radius 3 is 1.05 bits per heavy atom. The van der Waals surface area contributed by atoms with Gasteiger partial charge in [-0.3, -0.25) is 68.7 Å². The van der Waals surface area contributed by atoms with Gasteiger partial charge in [-0.1, -0.05) is 88.8 Å². The Morgan fingerprint density at radius 1 is 0.460 bits per heavy atom. The highest BCUT2D eigenvalue weighted by molar-refractivity contribution is 9.10. The second-order valence-corrected chi connectivity index (χ2v) is 36.3. The number of nitrogens with zero attached hydrogens (tertiary/aromatic N) is 12. The highest BCUT2D eigenvalue weighted by atomic mass is 79.9. The summed E-state index contributed by atoms with van der Waals surface area (Å²) in [5.41, 5.74) is 8.49. The minimum absolute atomic E-state index is 0.00439. The molecule has 35 nitrogen and oxygen atoms in total. The lowest BCUT2D eigenvalue weighted by atomic mass is 9.94. The summed E-state index contributed by atoms with van der Waals surface area (Å²) < 4.78 is 120. The van der Waals surface area contributed by atoms with E-state index < -0.39 is 138 Å². The molecular formula is C92H94BrCl3F6N16O19S2. The molecule has 4 fully saturated rings. The van der Waals surface area contributed by atoms with Gasteiger partial charge >= 0.3 is 47.8 Å². The average molecular weight is 2090 g/mol. The molecule has 0 spiro atoms. The lowest BCUT2D eigenvalue weighted by molar-refractivity contribution is -0.150. The highest BCUT2D eigenvalue weighted by Crippen LogP contribution is 2.44. The molecule has 0 amide bonds. The molecule has 6 aromatic rings. The maximum absolute atomic E-state index is 14.2. The van der Waals surface area contributed by atoms with Crippen molar-refractivity contribution in [3.8, 4) is 0 Å². The molecule has 0 bridgehead atoms. The Bertz CT molecular complexity index is 6050. The number of carboxylic acids is 4. The van der Waals surface area contributed by atoms with Gasteiger partial charge in [0.1, 0.15) is 83.0 Å². The summed E-state index contributed by atoms with van der Waals surface area (Å²) in [5, 5.41) is 56.2. The van der Waals surface area contributed by atoms with Crippen LogP contribution < -0.4 is 21.3 Å². The van der Waals surface area contributed by atoms with Crippen LogP contribution in [-0.2, 0) is 84.4 Å². The quantitative estimate of drug-likeness (QED) is 0.0142. The molecule has 10 aliphatic heterocycles. The number of carboxylic acid groups (broad SMARTS) is 4. The summed E-state index contributed by atoms with van der Waals surface area (Å²) in [6.07, 6.45) is 5.41. The molecule has 4 saturated heterocycles. The van der Waals surface area contributed by atoms with Crippen LogP contribution in [0.4, 0.5) is 26.3 Å². The summed E-state index contributed by atoms with van der Waals surface area (Å²) in [4.78, 5) is 142. The lowest BCUT2D eigenvalue weighted by Crippen LogP contribution is -2.52. The number of methoxy groups -OCH3 is 4. The molecule has 139 heavy (non-hydrogen) atoms. The summed E-state index contributed by atoms with van der Waals surface area (Å²) in [5.74, 6) is -11.0. The number of benzene rings is 4. The number of nitrogens with one attached hydrogen (secondary N) is 4. The van der Waals surface area contributed by atoms with Crippen molar-refractivity contribution in [1.82, 2.24) is 50.8 Å². The van der Waals surface area contributed by atoms with Gasteiger partial charge in [0.2, 0.25) is 0 Å². The van der Waals surface area contributed by atoms with Crippen molar-refractivity contribution in [2.24, 2.45) is 30.0 Å². The van der Waals surface area contributed by atoms with E-state index in [9.17, 15) is 85.1 Å². The largest absolute Gasteiger partial charge is 0.480 e. The molecule has 8 atom stereocenters. The number of esters is 4. The molecule has 16 rings (SSSR count). The summed E-state index contributed by atoms with van der Waals surface area (Å²) in [7, 11) is 4.91. The fourth-order valence-electron chi connectivity index (χ4n) is 16.4. The Balaban J connectivity index is 0.000000156. The minimum Gasteiger partial charge on any atom is -0.480 e. The van der Waals surface area contributed by atoms with E-state index >= 15 is 0 Å². The van der Waals surface area contributed by atoms with E-state index in [1.54, 1.807) is 33.2 Å². The van der Waals surface area contributed by atoms with Crippen molar-refractivity contribution in [3.63, 3.8) is 0 Å². The second kappa shape index (κ2) is 46.5. The number of aromatic nitrogens is 2. The first kappa shape index (κ1) is 105. The third kappa shape index (κ3) is 24.6. The number of ether oxygens (including phenoxy) is 7. The molecule has 10 aliphatic rings. The zero-order valence-corrected chi connectivity index (χ0v) is 81.2. The van der Waals surface area contributed by atoms with E-state index in [-0.39, 0.29) is 100 Å². The Morgan fingerprint density at radius 2 is 0.763 bits per heavy atom. The zero-order valence-electron chi connectivity index (χ0n) is 75.7. The molecule has 0 saturated carbocycles. The number of morpholine rings is 3. The maximum atomic E-state index is 14.2. The van der Waals surface area contributed by atoms with E-state index in [4.69, 9.17) is 82.9 Å². The number of carbonyl (C=O) groups is 8. The standard InChI is InChI=1S/C23H24BrFN4O5.C23H22ClF3N4O4S.C23H24ClFN4O5S.C23H24ClFN4O5/c1-12-5-6-26-19(12)21-27-16(10-29-7-8-34-11-17(29)22(30)31)18(23(32)33-2)20(28-21)14-4-3-13(25)9-15(14)24;1-3-12-9-36-20(28-12)19-29-15(8-31-10-23(26,27)7-16(31)21(32)33)17(22(34)35-2)18(30-19)13-5-4-11(25)6-14(13)24;1-3-13-11-35-21(26-13)20-27-16(9-29-6-7-34-10-17(29)22(30)31)18(23(32)33-2)19(28-20)14-5-4-12(25)8-15(14)24;1-12-5-6-26-19(12)21-27-16(10-29-7-8-34-11-17(29)22(30)31)18(23(32)33-2)20(28-21)14-4-3-13(25)9-15(14)24/h3-4,6,9,17,20H,5,7-8,10-11H2,1-2H3,(H,27,28)(H,30,31);4-6,9,16,18H,3,7-8,10H2,1-2H3,(H,29,30)(H,32,33);4-5,8,11,17,19H,3,6-7,9-10H2,1-2H3,(H,27,28)(H,30,31);3-4,6,9,17,20H,5,7-8,10-11H2,1-2H3,(H,27,28)(H,30,31)/t17-,20-;16-,18-;17-,19-;17-,20-/m0000/s1. The Hall–Kier alpha value is -11.8. The smallest absolute Gasteiger partial charge is 0.338 e. The average Bonchev–Trinajstić information content (AvgIpc) is 1.76. The molecule has 0 aliphatic carbocycles. The van der Waals surface area contributed by atoms with Gasteiger partial charge in [-0.05, 0) is 91.9 Å². The van der Waals surface area contributed by atoms with Gasteiger partial charge in [-0.25, -0.2) is 55.5 Å². The number of hydrogen-bond donors (Lipinski definition) is 8. The van der Waals surface area contributed by atoms with Crippen molar-refractivity contribution in [3.05, 3.63) is 238 Å². The Labute approximate surface area is 823 Å². The fraction of sp³-hybridized carbons (Fsp3) is 0.391. The fourth-order valence-corrected chi connectivity index (χ4v) is 19.5. The number of thiazole rings is 2. The topological polar surface area (TPSA) is 443 Å². The van der Waals surface area contributed by atoms with Gasteiger partial charge in [0.25, 0.3) is 5.92 Å². The van der Waals surface area contributed by atoms with Crippen LogP contribution in [0.15, 0.2) is 186 Å². The number of amidine groups is 4. The van der Waals surface area contributed by atoms with Crippen molar-refractivity contribution >= 4 is 157 Å². The van der Waals surface area contributed by atoms with Crippen molar-refractivity contribution in [1.29, 1.82) is 0 Å². The monoisotopic (exact) mass is 2090 g/mol. The third-order valence-electron chi connectivity index (χ3n) is 23.5. The van der Waals surface area contributed by atoms with Crippen LogP contribution in [0.1, 0.15) is 115 Å². The predicted octanol–water partition coefficient (Wildman–Crippen LogP) is 11.7. The predicted molar refractivity (Wildman–Crippen MR) is 505 cm³/mol. The molecule has 738 valence electrons. The normalized spacial score (nSPS) is 22.2. The van der Waals surface area contributed by atoms with Crippen LogP contribution in [0.3, 0.4) is 0 Å². The van der Waals surface area contributed by atoms with Crippen LogP contribution in [0, 0.1) is 23.3 Å². The number of likely N-dealkylation sites (tertiary alicyclic amines) is 1. The number of aliphatic imine (C=N–C) groups is 6. The first-order chi connectivity index (χ1) is 66.4. The van der Waals surface area contributed by atoms with Crippen LogP contribution in [0.2, 0.25) is 15.1 Å². The zero-order chi connectivity index (χ0) is 100. The van der Waals surface area contributed by atoms with Crippen LogP contribution in [0.5, 0.6) is 0 Å². The van der Waals surface area contributed by atoms with Crippen molar-refractivity contribution in [2.75, 3.05) is 120 Å². The van der Waals surface area contributed by atoms with Gasteiger partial charge in [-0.2, -0.15) is 0 Å². The minimum atomic E-state index is -3.22. The summed E-state index contributed by atoms with van der Waals surface area (Å²) >= 11 is 25.1. The number of allylic oxidation sites excluding steroid dienone is 2. The van der Waals surface area contributed by atoms with E-state index in [0.717, 1.165) is 65.2 Å². The van der Waals surface area contributed by atoms with Crippen molar-refractivity contribution in [2.45, 2.75) is 114 Å². The van der Waals surface area contributed by atoms with Gasteiger partial charge < -0.3 is 74.9 Å². The van der Waals surface area contributed by atoms with E-state index in [1.165, 1.54) is 86.5 Å². The van der Waals surface area contributed by atoms with Crippen LogP contribution >= 0.6 is 73.4 Å². The number of hydrogen-bond acceptors (Lipinski definition) is 33. The molecule has 0 unspecified atom stereocenters. The summed E-state index contributed by atoms with van der Waals surface area (Å²) in [6, 6.07) is 7.68. The first-order valence-corrected chi connectivity index (χ1v) is 46.9. The number of rotatable bonds is 26. The molecule has 12 heterocycles. The van der Waals surface area contributed by atoms with E-state index in [1.807, 2.05) is 38.5 Å². The van der Waals surface area contributed by atoms with Gasteiger partial charge in [-0.15, -0.1) is 22.7 Å². The number of aliphatic carboxylic acids is 4. The van der Waals surface area contributed by atoms with E-state index in [2.05, 4.69) is 62.1 Å². The second-order valence-electron chi connectivity index (χ2n) is 32.5. The molecule has 2 aromatic heterocycles. The van der Waals surface area contributed by atoms with Crippen LogP contribution in [-0.4, -0.2) is 284 Å². The maximum Gasteiger partial charge on any atom is 0.338 e. The SMILES string of the molecule is CCc1csc(C2=N[C@@H](c3ccc(F)cc3Cl)C(C(=O)OC)=C(CN3CC(F)(F)C[C@H]3C(=O)O)N2)n1.CCc1csc(C2=N[C@@H](c3ccc(F)cc3Cl)C(C(=O)OC)=C(CN3CCOC[C@H]3C(=O)O)N2)n1.COC(=O)C1=C(CN2CCOC[C@H]2C(=O)O)NC(C2=C(C)CC=N2)=N[C@H]1c1ccc(F)cc1Br.COC(=O)C1=C(CN2CCOC[C@H]2C(=O)O)NC(C2=C(C)CC=N2)=N[C@H]1c1ccc(F)cc1Cl. The van der Waals surface area contributed by atoms with Gasteiger partial charge in [0.05, 0.1) is 108 Å². The number of halogens is 10. The number of aryl methyl sites for hydroxylation is 2. The van der Waals surface area contributed by atoms with E-state index in [0.29, 0.717) is 136 Å². The molecule has 8 N–H and O–H groups in total. The number of carbonyl (C=O) groups excluding carboxylic acids is 4. The van der Waals surface area contributed by atoms with Gasteiger partial charge in [0, 0.05) is 147 Å². The molecule has 0 radical (unpaired) electrons. The summed E-state index contributed by atoms with van der Waals surface area (Å²) in [6.45, 7) is 9.17. The number of alkyl halides is 2. The highest BCUT2D eigenvalue weighted by Gasteiger charge is 2.50. The van der Waals surface area contributed by atoms with Gasteiger partial charge in [0.15, 0.2) is 33.4 Å². The van der Waals surface area contributed by atoms with Crippen molar-refractivity contribution < 1.29 is 118 Å². The first-order valence-electron chi connectivity index (χ1n) is 43.2. The molecular weight excluding hydrogens is 2000 g/mol. The molecule has 47 heteroatoms. The Kier molecular flexibility index (Phi) is 35.0. The molecule has 4 aromatic carbocycles. The lowest BCUT2D eigenvalue weighted by Gasteiger charge is -2.36. The van der Waals surface area contributed by atoms with Crippen LogP contribution in [0.25, 0.3) is 0 Å².